The topological polar surface area (TPSA) is 108 Å². The monoisotopic (exact) mass is 545 g/mol. The minimum atomic E-state index is -0.236. The number of nitrogens with two attached hydrogens (primary N) is 1. The molecule has 1 saturated carbocycles. The molecule has 5 rings (SSSR count). The summed E-state index contributed by atoms with van der Waals surface area (Å²) in [5, 5.41) is 8.11. The Balaban J connectivity index is 1.36. The van der Waals surface area contributed by atoms with Crippen LogP contribution >= 0.6 is 11.3 Å². The Hall–Kier alpha value is -3.69. The Bertz CT molecular complexity index is 1290. The lowest BCUT2D eigenvalue weighted by Crippen LogP contribution is -2.40. The molecule has 0 bridgehead atoms. The first-order chi connectivity index (χ1) is 19.0. The van der Waals surface area contributed by atoms with Gasteiger partial charge in [-0.1, -0.05) is 24.3 Å². The molecule has 3 amide bonds. The molecule has 1 aromatic heterocycles. The number of amides is 3. The quantitative estimate of drug-likeness (QED) is 0.427. The van der Waals surface area contributed by atoms with Gasteiger partial charge in [-0.3, -0.25) is 14.4 Å². The number of carbonyl (C=O) groups is 3. The molecule has 0 atom stereocenters. The highest BCUT2D eigenvalue weighted by atomic mass is 32.1. The largest absolute Gasteiger partial charge is 0.368 e. The number of anilines is 2. The highest BCUT2D eigenvalue weighted by molar-refractivity contribution is 7.12. The van der Waals surface area contributed by atoms with Gasteiger partial charge in [-0.25, -0.2) is 0 Å². The number of rotatable bonds is 6. The molecule has 2 aliphatic rings. The Kier molecular flexibility index (Phi) is 8.58. The minimum Gasteiger partial charge on any atom is -0.368 e. The zero-order valence-electron chi connectivity index (χ0n) is 22.0. The first-order valence-electron chi connectivity index (χ1n) is 13.6. The van der Waals surface area contributed by atoms with Gasteiger partial charge in [0.1, 0.15) is 0 Å². The van der Waals surface area contributed by atoms with Crippen LogP contribution < -0.4 is 21.3 Å². The van der Waals surface area contributed by atoms with Crippen molar-refractivity contribution in [1.82, 2.24) is 10.2 Å². The molecule has 9 heteroatoms. The third-order valence-corrected chi connectivity index (χ3v) is 8.36. The summed E-state index contributed by atoms with van der Waals surface area (Å²) in [6.45, 7) is 2.61. The molecular formula is C30H35N5O3S. The molecule has 0 spiro atoms. The van der Waals surface area contributed by atoms with E-state index < -0.39 is 0 Å². The molecule has 2 fully saturated rings. The van der Waals surface area contributed by atoms with Crippen molar-refractivity contribution in [2.75, 3.05) is 36.4 Å². The van der Waals surface area contributed by atoms with Crippen molar-refractivity contribution in [1.29, 1.82) is 0 Å². The highest BCUT2D eigenvalue weighted by Gasteiger charge is 2.25. The summed E-state index contributed by atoms with van der Waals surface area (Å²) in [6.07, 6.45) is 4.36. The third kappa shape index (κ3) is 6.66. The van der Waals surface area contributed by atoms with Gasteiger partial charge in [0.15, 0.2) is 0 Å². The standard InChI is InChI=1S/C30H35N5O3S/c31-23-10-12-24(13-11-23)32-29(37)22-9-14-26(25(20-22)33-28(36)21-6-2-1-3-7-21)34-15-5-16-35(18-17-34)30(38)27-8-4-19-39-27/h1-4,6-9,14,19-20,23-24H,5,10-13,15-18,31H2,(H,32,37)(H,33,36). The van der Waals surface area contributed by atoms with Crippen LogP contribution in [0.4, 0.5) is 11.4 Å². The summed E-state index contributed by atoms with van der Waals surface area (Å²) < 4.78 is 0. The van der Waals surface area contributed by atoms with Gasteiger partial charge in [-0.2, -0.15) is 0 Å². The van der Waals surface area contributed by atoms with Gasteiger partial charge < -0.3 is 26.2 Å². The molecule has 3 aromatic rings. The maximum Gasteiger partial charge on any atom is 0.263 e. The van der Waals surface area contributed by atoms with Crippen LogP contribution in [0.15, 0.2) is 66.0 Å². The minimum absolute atomic E-state index is 0.0557. The Morgan fingerprint density at radius 1 is 0.821 bits per heavy atom. The van der Waals surface area contributed by atoms with E-state index in [9.17, 15) is 14.4 Å². The summed E-state index contributed by atoms with van der Waals surface area (Å²) in [5.41, 5.74) is 8.49. The zero-order valence-corrected chi connectivity index (χ0v) is 22.8. The van der Waals surface area contributed by atoms with E-state index in [4.69, 9.17) is 5.73 Å². The average molecular weight is 546 g/mol. The van der Waals surface area contributed by atoms with Gasteiger partial charge in [-0.05, 0) is 73.9 Å². The molecule has 1 aliphatic carbocycles. The summed E-state index contributed by atoms with van der Waals surface area (Å²) in [5.74, 6) is -0.332. The van der Waals surface area contributed by atoms with Crippen molar-refractivity contribution in [3.05, 3.63) is 82.0 Å². The highest BCUT2D eigenvalue weighted by Crippen LogP contribution is 2.30. The Morgan fingerprint density at radius 2 is 1.62 bits per heavy atom. The maximum absolute atomic E-state index is 13.2. The lowest BCUT2D eigenvalue weighted by Gasteiger charge is -2.28. The fraction of sp³-hybridized carbons (Fsp3) is 0.367. The Labute approximate surface area is 233 Å². The lowest BCUT2D eigenvalue weighted by atomic mass is 9.91. The number of thiophene rings is 1. The molecular weight excluding hydrogens is 510 g/mol. The Morgan fingerprint density at radius 3 is 2.36 bits per heavy atom. The van der Waals surface area contributed by atoms with Crippen LogP contribution in [0.2, 0.25) is 0 Å². The van der Waals surface area contributed by atoms with Crippen molar-refractivity contribution in [3.63, 3.8) is 0 Å². The molecule has 2 aromatic carbocycles. The summed E-state index contributed by atoms with van der Waals surface area (Å²) in [6, 6.07) is 18.6. The number of hydrogen-bond acceptors (Lipinski definition) is 6. The van der Waals surface area contributed by atoms with E-state index in [0.717, 1.165) is 49.2 Å². The van der Waals surface area contributed by atoms with Gasteiger partial charge in [-0.15, -0.1) is 11.3 Å². The second-order valence-electron chi connectivity index (χ2n) is 10.2. The summed E-state index contributed by atoms with van der Waals surface area (Å²) in [4.78, 5) is 44.1. The summed E-state index contributed by atoms with van der Waals surface area (Å²) >= 11 is 1.46. The van der Waals surface area contributed by atoms with Crippen molar-refractivity contribution in [3.8, 4) is 0 Å². The van der Waals surface area contributed by atoms with Crippen molar-refractivity contribution < 1.29 is 14.4 Å². The molecule has 0 radical (unpaired) electrons. The normalized spacial score (nSPS) is 19.7. The first kappa shape index (κ1) is 26.9. The third-order valence-electron chi connectivity index (χ3n) is 7.51. The van der Waals surface area contributed by atoms with E-state index in [1.165, 1.54) is 11.3 Å². The van der Waals surface area contributed by atoms with E-state index in [-0.39, 0.29) is 29.8 Å². The second kappa shape index (κ2) is 12.4. The van der Waals surface area contributed by atoms with Crippen LogP contribution in [-0.2, 0) is 0 Å². The van der Waals surface area contributed by atoms with Gasteiger partial charge in [0.2, 0.25) is 0 Å². The maximum atomic E-state index is 13.2. The fourth-order valence-corrected chi connectivity index (χ4v) is 5.98. The van der Waals surface area contributed by atoms with Crippen LogP contribution in [0, 0.1) is 0 Å². The van der Waals surface area contributed by atoms with E-state index in [0.29, 0.717) is 36.4 Å². The first-order valence-corrected chi connectivity index (χ1v) is 14.5. The molecule has 1 saturated heterocycles. The number of nitrogens with one attached hydrogen (secondary N) is 2. The predicted molar refractivity (Wildman–Crippen MR) is 156 cm³/mol. The SMILES string of the molecule is NC1CCC(NC(=O)c2ccc(N3CCCN(C(=O)c4cccs4)CC3)c(NC(=O)c3ccccc3)c2)CC1. The molecule has 2 heterocycles. The zero-order chi connectivity index (χ0) is 27.2. The second-order valence-corrected chi connectivity index (χ2v) is 11.2. The van der Waals surface area contributed by atoms with Crippen molar-refractivity contribution >= 4 is 40.4 Å². The van der Waals surface area contributed by atoms with Crippen molar-refractivity contribution in [2.45, 2.75) is 44.2 Å². The summed E-state index contributed by atoms with van der Waals surface area (Å²) in [7, 11) is 0. The van der Waals surface area contributed by atoms with Crippen LogP contribution in [0.3, 0.4) is 0 Å². The molecule has 1 aliphatic heterocycles. The molecule has 4 N–H and O–H groups in total. The molecule has 39 heavy (non-hydrogen) atoms. The van der Waals surface area contributed by atoms with E-state index in [2.05, 4.69) is 15.5 Å². The van der Waals surface area contributed by atoms with Crippen molar-refractivity contribution in [2.24, 2.45) is 5.73 Å². The van der Waals surface area contributed by atoms with E-state index >= 15 is 0 Å². The van der Waals surface area contributed by atoms with Gasteiger partial charge in [0.05, 0.1) is 16.3 Å². The number of benzene rings is 2. The smallest absolute Gasteiger partial charge is 0.263 e. The molecule has 204 valence electrons. The van der Waals surface area contributed by atoms with Crippen LogP contribution in [0.5, 0.6) is 0 Å². The van der Waals surface area contributed by atoms with Crippen LogP contribution in [-0.4, -0.2) is 60.9 Å². The number of carbonyl (C=O) groups excluding carboxylic acids is 3. The molecule has 8 nitrogen and oxygen atoms in total. The van der Waals surface area contributed by atoms with Gasteiger partial charge >= 0.3 is 0 Å². The van der Waals surface area contributed by atoms with Gasteiger partial charge in [0, 0.05) is 49.4 Å². The fourth-order valence-electron chi connectivity index (χ4n) is 5.29. The van der Waals surface area contributed by atoms with E-state index in [1.807, 2.05) is 52.7 Å². The van der Waals surface area contributed by atoms with Crippen LogP contribution in [0.25, 0.3) is 0 Å². The average Bonchev–Trinajstić information content (AvgIpc) is 3.39. The molecule has 0 unspecified atom stereocenters. The lowest BCUT2D eigenvalue weighted by molar-refractivity contribution is 0.0771. The predicted octanol–water partition coefficient (Wildman–Crippen LogP) is 4.35. The number of hydrogen-bond donors (Lipinski definition) is 3. The van der Waals surface area contributed by atoms with Crippen LogP contribution in [0.1, 0.15) is 62.5 Å². The number of nitrogens with zero attached hydrogens (tertiary/aromatic N) is 2. The van der Waals surface area contributed by atoms with E-state index in [1.54, 1.807) is 18.2 Å². The van der Waals surface area contributed by atoms with Gasteiger partial charge in [0.25, 0.3) is 17.7 Å².